The van der Waals surface area contributed by atoms with Crippen molar-refractivity contribution in [1.29, 1.82) is 0 Å². The smallest absolute Gasteiger partial charge is 0.317 e. The summed E-state index contributed by atoms with van der Waals surface area (Å²) in [5.41, 5.74) is 0.533. The Morgan fingerprint density at radius 3 is 2.73 bits per heavy atom. The Kier molecular flexibility index (Phi) is 3.81. The van der Waals surface area contributed by atoms with Gasteiger partial charge in [-0.3, -0.25) is 4.79 Å². The van der Waals surface area contributed by atoms with E-state index >= 15 is 0 Å². The van der Waals surface area contributed by atoms with Crippen molar-refractivity contribution in [3.05, 3.63) is 35.9 Å². The zero-order valence-electron chi connectivity index (χ0n) is 12.8. The van der Waals surface area contributed by atoms with Crippen molar-refractivity contribution < 1.29 is 14.7 Å². The molecule has 3 atom stereocenters. The normalized spacial score (nSPS) is 30.1. The quantitative estimate of drug-likeness (QED) is 0.896. The van der Waals surface area contributed by atoms with Crippen LogP contribution >= 0.6 is 0 Å². The van der Waals surface area contributed by atoms with Crippen LogP contribution in [0.4, 0.5) is 4.79 Å². The van der Waals surface area contributed by atoms with Crippen molar-refractivity contribution >= 4 is 12.0 Å². The number of hydrogen-bond donors (Lipinski definition) is 2. The molecule has 1 saturated heterocycles. The molecule has 1 unspecified atom stereocenters. The highest BCUT2D eigenvalue weighted by atomic mass is 16.4. The number of nitrogens with one attached hydrogen (secondary N) is 1. The largest absolute Gasteiger partial charge is 0.481 e. The summed E-state index contributed by atoms with van der Waals surface area (Å²) in [6.07, 6.45) is 1.63. The summed E-state index contributed by atoms with van der Waals surface area (Å²) in [7, 11) is 0. The van der Waals surface area contributed by atoms with E-state index in [0.29, 0.717) is 37.9 Å². The van der Waals surface area contributed by atoms with Crippen LogP contribution in [0.1, 0.15) is 31.2 Å². The summed E-state index contributed by atoms with van der Waals surface area (Å²) in [6.45, 7) is 3.18. The molecule has 1 saturated carbocycles. The SMILES string of the molecule is CC1(C(=O)O)CCN(C(=O)NC[C@@H]2C[C@H]2c2ccccc2)C1. The van der Waals surface area contributed by atoms with Crippen LogP contribution in [0.2, 0.25) is 0 Å². The van der Waals surface area contributed by atoms with E-state index in [1.165, 1.54) is 5.56 Å². The molecule has 1 aliphatic carbocycles. The van der Waals surface area contributed by atoms with E-state index in [9.17, 15) is 14.7 Å². The molecule has 1 heterocycles. The molecule has 0 spiro atoms. The highest BCUT2D eigenvalue weighted by Crippen LogP contribution is 2.46. The van der Waals surface area contributed by atoms with E-state index in [2.05, 4.69) is 17.4 Å². The Bertz CT molecular complexity index is 575. The van der Waals surface area contributed by atoms with Gasteiger partial charge in [-0.1, -0.05) is 30.3 Å². The van der Waals surface area contributed by atoms with E-state index in [4.69, 9.17) is 0 Å². The van der Waals surface area contributed by atoms with Crippen molar-refractivity contribution in [2.45, 2.75) is 25.7 Å². The Hall–Kier alpha value is -2.04. The van der Waals surface area contributed by atoms with Crippen molar-refractivity contribution in [3.63, 3.8) is 0 Å². The Balaban J connectivity index is 1.46. The van der Waals surface area contributed by atoms with Gasteiger partial charge in [-0.05, 0) is 37.2 Å². The second kappa shape index (κ2) is 5.63. The first kappa shape index (κ1) is 14.9. The molecule has 3 rings (SSSR count). The molecular weight excluding hydrogens is 280 g/mol. The molecule has 2 fully saturated rings. The summed E-state index contributed by atoms with van der Waals surface area (Å²) in [5.74, 6) is 0.221. The van der Waals surface area contributed by atoms with Crippen molar-refractivity contribution in [2.24, 2.45) is 11.3 Å². The van der Waals surface area contributed by atoms with Gasteiger partial charge in [-0.15, -0.1) is 0 Å². The molecule has 0 radical (unpaired) electrons. The highest BCUT2D eigenvalue weighted by molar-refractivity contribution is 5.79. The maximum Gasteiger partial charge on any atom is 0.317 e. The molecule has 2 amide bonds. The number of aliphatic carboxylic acids is 1. The average Bonchev–Trinajstić information content (AvgIpc) is 3.19. The number of likely N-dealkylation sites (tertiary alicyclic amines) is 1. The third-order valence-corrected chi connectivity index (χ3v) is 4.94. The summed E-state index contributed by atoms with van der Waals surface area (Å²) in [4.78, 5) is 25.0. The number of amides is 2. The fourth-order valence-corrected chi connectivity index (χ4v) is 3.22. The van der Waals surface area contributed by atoms with Crippen molar-refractivity contribution in [3.8, 4) is 0 Å². The Labute approximate surface area is 130 Å². The molecule has 1 aromatic carbocycles. The third-order valence-electron chi connectivity index (χ3n) is 4.94. The summed E-state index contributed by atoms with van der Waals surface area (Å²) in [6, 6.07) is 10.2. The highest BCUT2D eigenvalue weighted by Gasteiger charge is 2.43. The van der Waals surface area contributed by atoms with E-state index in [1.54, 1.807) is 11.8 Å². The molecule has 2 aliphatic rings. The first-order chi connectivity index (χ1) is 10.5. The van der Waals surface area contributed by atoms with Crippen LogP contribution in [-0.4, -0.2) is 41.6 Å². The number of carbonyl (C=O) groups is 2. The summed E-state index contributed by atoms with van der Waals surface area (Å²) in [5, 5.41) is 12.2. The average molecular weight is 302 g/mol. The van der Waals surface area contributed by atoms with Gasteiger partial charge in [0.05, 0.1) is 5.41 Å². The van der Waals surface area contributed by atoms with Crippen LogP contribution in [0.3, 0.4) is 0 Å². The number of nitrogens with zero attached hydrogens (tertiary/aromatic N) is 1. The minimum absolute atomic E-state index is 0.135. The van der Waals surface area contributed by atoms with E-state index < -0.39 is 11.4 Å². The van der Waals surface area contributed by atoms with Gasteiger partial charge in [-0.2, -0.15) is 0 Å². The minimum Gasteiger partial charge on any atom is -0.481 e. The van der Waals surface area contributed by atoms with Gasteiger partial charge in [0.15, 0.2) is 0 Å². The number of carboxylic acid groups (broad SMARTS) is 1. The lowest BCUT2D eigenvalue weighted by atomic mass is 9.90. The number of benzene rings is 1. The fourth-order valence-electron chi connectivity index (χ4n) is 3.22. The van der Waals surface area contributed by atoms with Crippen molar-refractivity contribution in [1.82, 2.24) is 10.2 Å². The zero-order chi connectivity index (χ0) is 15.7. The van der Waals surface area contributed by atoms with Crippen LogP contribution in [0.25, 0.3) is 0 Å². The predicted octanol–water partition coefficient (Wildman–Crippen LogP) is 2.30. The van der Waals surface area contributed by atoms with Gasteiger partial charge in [0.1, 0.15) is 0 Å². The number of rotatable bonds is 4. The van der Waals surface area contributed by atoms with Gasteiger partial charge in [0, 0.05) is 19.6 Å². The van der Waals surface area contributed by atoms with Gasteiger partial charge >= 0.3 is 12.0 Å². The molecule has 0 aromatic heterocycles. The molecule has 2 N–H and O–H groups in total. The molecule has 0 bridgehead atoms. The number of urea groups is 1. The van der Waals surface area contributed by atoms with Crippen LogP contribution in [0, 0.1) is 11.3 Å². The fraction of sp³-hybridized carbons (Fsp3) is 0.529. The maximum atomic E-state index is 12.2. The third kappa shape index (κ3) is 2.93. The van der Waals surface area contributed by atoms with E-state index in [1.807, 2.05) is 18.2 Å². The van der Waals surface area contributed by atoms with Crippen LogP contribution in [0.15, 0.2) is 30.3 Å². The molecule has 5 nitrogen and oxygen atoms in total. The van der Waals surface area contributed by atoms with Gasteiger partial charge in [0.2, 0.25) is 0 Å². The second-order valence-corrected chi connectivity index (χ2v) is 6.74. The molecule has 22 heavy (non-hydrogen) atoms. The van der Waals surface area contributed by atoms with Gasteiger partial charge in [0.25, 0.3) is 0 Å². The van der Waals surface area contributed by atoms with Gasteiger partial charge < -0.3 is 15.3 Å². The minimum atomic E-state index is -0.825. The van der Waals surface area contributed by atoms with E-state index in [-0.39, 0.29) is 6.03 Å². The van der Waals surface area contributed by atoms with Crippen LogP contribution in [0.5, 0.6) is 0 Å². The van der Waals surface area contributed by atoms with Crippen molar-refractivity contribution in [2.75, 3.05) is 19.6 Å². The summed E-state index contributed by atoms with van der Waals surface area (Å²) >= 11 is 0. The topological polar surface area (TPSA) is 69.6 Å². The maximum absolute atomic E-state index is 12.2. The lowest BCUT2D eigenvalue weighted by molar-refractivity contribution is -0.146. The zero-order valence-corrected chi connectivity index (χ0v) is 12.8. The number of carboxylic acids is 1. The number of carbonyl (C=O) groups excluding carboxylic acids is 1. The Morgan fingerprint density at radius 2 is 2.09 bits per heavy atom. The predicted molar refractivity (Wildman–Crippen MR) is 82.6 cm³/mol. The molecule has 118 valence electrons. The standard InChI is InChI=1S/C17H22N2O3/c1-17(15(20)21)7-8-19(11-17)16(22)18-10-13-9-14(13)12-5-3-2-4-6-12/h2-6,13-14H,7-11H2,1H3,(H,18,22)(H,20,21)/t13-,14-,17?/m0/s1. The van der Waals surface area contributed by atoms with E-state index in [0.717, 1.165) is 6.42 Å². The molecule has 5 heteroatoms. The van der Waals surface area contributed by atoms with Gasteiger partial charge in [-0.25, -0.2) is 4.79 Å². The second-order valence-electron chi connectivity index (χ2n) is 6.74. The van der Waals surface area contributed by atoms with Crippen LogP contribution < -0.4 is 5.32 Å². The monoisotopic (exact) mass is 302 g/mol. The molecular formula is C17H22N2O3. The molecule has 1 aliphatic heterocycles. The van der Waals surface area contributed by atoms with Crippen LogP contribution in [-0.2, 0) is 4.79 Å². The number of hydrogen-bond acceptors (Lipinski definition) is 2. The first-order valence-electron chi connectivity index (χ1n) is 7.81. The lowest BCUT2D eigenvalue weighted by Gasteiger charge is -2.20. The lowest BCUT2D eigenvalue weighted by Crippen LogP contribution is -2.41. The summed E-state index contributed by atoms with van der Waals surface area (Å²) < 4.78 is 0. The first-order valence-corrected chi connectivity index (χ1v) is 7.81. The molecule has 1 aromatic rings. The Morgan fingerprint density at radius 1 is 1.36 bits per heavy atom.